The number of rotatable bonds is 1. The maximum atomic E-state index is 8.41. The number of anilines is 3. The van der Waals surface area contributed by atoms with Crippen molar-refractivity contribution in [1.82, 2.24) is 0 Å². The summed E-state index contributed by atoms with van der Waals surface area (Å²) in [5.74, 6) is 0. The molecular weight excluding hydrogens is 130 g/mol. The molecule has 0 aromatic heterocycles. The highest BCUT2D eigenvalue weighted by Crippen LogP contribution is 2.18. The Hall–Kier alpha value is -1.42. The maximum Gasteiger partial charge on any atom is 0.0624 e. The van der Waals surface area contributed by atoms with Crippen LogP contribution in [0.5, 0.6) is 0 Å². The van der Waals surface area contributed by atoms with Crippen LogP contribution < -0.4 is 16.9 Å². The predicted octanol–water partition coefficient (Wildman–Crippen LogP) is 0.652. The van der Waals surface area contributed by atoms with Crippen molar-refractivity contribution in [2.75, 3.05) is 16.9 Å². The molecule has 1 aromatic rings. The first-order chi connectivity index (χ1) is 4.74. The molecule has 0 heterocycles. The number of benzene rings is 1. The van der Waals surface area contributed by atoms with Crippen LogP contribution in [0.15, 0.2) is 18.2 Å². The van der Waals surface area contributed by atoms with E-state index in [1.54, 1.807) is 18.2 Å². The molecule has 1 rings (SSSR count). The minimum Gasteiger partial charge on any atom is -0.397 e. The fraction of sp³-hybridized carbons (Fsp3) is 0. The van der Waals surface area contributed by atoms with Crippen molar-refractivity contribution in [3.63, 3.8) is 0 Å². The Morgan fingerprint density at radius 2 is 1.90 bits per heavy atom. The Bertz CT molecular complexity index is 236. The molecule has 0 saturated carbocycles. The molecule has 4 heteroatoms. The van der Waals surface area contributed by atoms with E-state index in [9.17, 15) is 0 Å². The van der Waals surface area contributed by atoms with E-state index in [1.807, 2.05) is 5.48 Å². The highest BCUT2D eigenvalue weighted by molar-refractivity contribution is 5.68. The molecule has 1 aromatic carbocycles. The van der Waals surface area contributed by atoms with E-state index in [0.29, 0.717) is 17.1 Å². The van der Waals surface area contributed by atoms with Crippen LogP contribution in [0.25, 0.3) is 0 Å². The number of nitrogens with two attached hydrogens (primary N) is 2. The van der Waals surface area contributed by atoms with Gasteiger partial charge in [-0.3, -0.25) is 10.7 Å². The summed E-state index contributed by atoms with van der Waals surface area (Å²) in [5, 5.41) is 8.41. The van der Waals surface area contributed by atoms with Gasteiger partial charge < -0.3 is 11.5 Å². The van der Waals surface area contributed by atoms with Crippen LogP contribution in [0.4, 0.5) is 17.1 Å². The number of nitrogen functional groups attached to an aromatic ring is 2. The Labute approximate surface area is 58.4 Å². The average molecular weight is 139 g/mol. The zero-order valence-electron chi connectivity index (χ0n) is 5.33. The summed E-state index contributed by atoms with van der Waals surface area (Å²) in [6.45, 7) is 0. The third kappa shape index (κ3) is 1.11. The van der Waals surface area contributed by atoms with Gasteiger partial charge in [0, 0.05) is 0 Å². The molecule has 54 valence electrons. The molecule has 0 atom stereocenters. The molecule has 10 heavy (non-hydrogen) atoms. The fourth-order valence-electron chi connectivity index (χ4n) is 0.644. The summed E-state index contributed by atoms with van der Waals surface area (Å²) in [6, 6.07) is 4.80. The van der Waals surface area contributed by atoms with E-state index in [2.05, 4.69) is 0 Å². The Kier molecular flexibility index (Phi) is 1.64. The SMILES string of the molecule is Nc1ccc(NO)cc1N. The summed E-state index contributed by atoms with van der Waals surface area (Å²) in [6.07, 6.45) is 0. The third-order valence-electron chi connectivity index (χ3n) is 1.22. The average Bonchev–Trinajstić information content (AvgIpc) is 1.95. The molecule has 0 aliphatic carbocycles. The van der Waals surface area contributed by atoms with Crippen molar-refractivity contribution < 1.29 is 5.21 Å². The van der Waals surface area contributed by atoms with Crippen LogP contribution in [0.1, 0.15) is 0 Å². The predicted molar refractivity (Wildman–Crippen MR) is 40.7 cm³/mol. The minimum atomic E-state index is 0.457. The lowest BCUT2D eigenvalue weighted by Gasteiger charge is -2.01. The molecule has 0 aliphatic heterocycles. The molecule has 0 radical (unpaired) electrons. The highest BCUT2D eigenvalue weighted by Gasteiger charge is 1.93. The van der Waals surface area contributed by atoms with E-state index in [1.165, 1.54) is 0 Å². The lowest BCUT2D eigenvalue weighted by atomic mass is 10.2. The van der Waals surface area contributed by atoms with Crippen molar-refractivity contribution >= 4 is 17.1 Å². The Morgan fingerprint density at radius 3 is 2.40 bits per heavy atom. The van der Waals surface area contributed by atoms with Gasteiger partial charge in [-0.1, -0.05) is 0 Å². The van der Waals surface area contributed by atoms with Crippen LogP contribution in [0.2, 0.25) is 0 Å². The van der Waals surface area contributed by atoms with Gasteiger partial charge >= 0.3 is 0 Å². The first kappa shape index (κ1) is 6.70. The van der Waals surface area contributed by atoms with Crippen LogP contribution in [-0.4, -0.2) is 5.21 Å². The van der Waals surface area contributed by atoms with Gasteiger partial charge in [0.25, 0.3) is 0 Å². The van der Waals surface area contributed by atoms with E-state index in [4.69, 9.17) is 16.7 Å². The second kappa shape index (κ2) is 2.45. The van der Waals surface area contributed by atoms with Gasteiger partial charge in [-0.25, -0.2) is 0 Å². The van der Waals surface area contributed by atoms with E-state index in [-0.39, 0.29) is 0 Å². The zero-order chi connectivity index (χ0) is 7.56. The normalized spacial score (nSPS) is 9.30. The number of hydrogen-bond acceptors (Lipinski definition) is 4. The second-order valence-electron chi connectivity index (χ2n) is 1.96. The van der Waals surface area contributed by atoms with Gasteiger partial charge in [-0.05, 0) is 18.2 Å². The second-order valence-corrected chi connectivity index (χ2v) is 1.96. The number of nitrogens with one attached hydrogen (secondary N) is 1. The largest absolute Gasteiger partial charge is 0.397 e. The standard InChI is InChI=1S/C6H9N3O/c7-5-2-1-4(9-10)3-6(5)8/h1-3,9-10H,7-8H2. The maximum absolute atomic E-state index is 8.41. The monoisotopic (exact) mass is 139 g/mol. The van der Waals surface area contributed by atoms with Gasteiger partial charge in [-0.15, -0.1) is 0 Å². The molecule has 0 bridgehead atoms. The molecule has 0 spiro atoms. The van der Waals surface area contributed by atoms with E-state index in [0.717, 1.165) is 0 Å². The minimum absolute atomic E-state index is 0.457. The zero-order valence-corrected chi connectivity index (χ0v) is 5.33. The van der Waals surface area contributed by atoms with Gasteiger partial charge in [-0.2, -0.15) is 0 Å². The van der Waals surface area contributed by atoms with E-state index < -0.39 is 0 Å². The van der Waals surface area contributed by atoms with Gasteiger partial charge in [0.15, 0.2) is 0 Å². The molecule has 4 nitrogen and oxygen atoms in total. The Morgan fingerprint density at radius 1 is 1.20 bits per heavy atom. The van der Waals surface area contributed by atoms with Gasteiger partial charge in [0.1, 0.15) is 0 Å². The quantitative estimate of drug-likeness (QED) is 0.340. The van der Waals surface area contributed by atoms with E-state index >= 15 is 0 Å². The van der Waals surface area contributed by atoms with Crippen LogP contribution in [-0.2, 0) is 0 Å². The Balaban J connectivity index is 3.04. The van der Waals surface area contributed by atoms with Crippen molar-refractivity contribution in [2.24, 2.45) is 0 Å². The summed E-state index contributed by atoms with van der Waals surface area (Å²) in [5.41, 5.74) is 14.3. The van der Waals surface area contributed by atoms with Gasteiger partial charge in [0.2, 0.25) is 0 Å². The molecule has 0 unspecified atom stereocenters. The summed E-state index contributed by atoms with van der Waals surface area (Å²) < 4.78 is 0. The van der Waals surface area contributed by atoms with Crippen molar-refractivity contribution in [1.29, 1.82) is 0 Å². The molecule has 0 saturated heterocycles. The van der Waals surface area contributed by atoms with Crippen molar-refractivity contribution in [3.8, 4) is 0 Å². The lowest BCUT2D eigenvalue weighted by Crippen LogP contribution is -1.96. The van der Waals surface area contributed by atoms with Crippen LogP contribution >= 0.6 is 0 Å². The number of hydrogen-bond donors (Lipinski definition) is 4. The fourth-order valence-corrected chi connectivity index (χ4v) is 0.644. The highest BCUT2D eigenvalue weighted by atomic mass is 16.5. The first-order valence-corrected chi connectivity index (χ1v) is 2.79. The topological polar surface area (TPSA) is 84.3 Å². The molecule has 6 N–H and O–H groups in total. The lowest BCUT2D eigenvalue weighted by molar-refractivity contribution is 0.389. The molecule has 0 amide bonds. The van der Waals surface area contributed by atoms with Crippen molar-refractivity contribution in [3.05, 3.63) is 18.2 Å². The van der Waals surface area contributed by atoms with Gasteiger partial charge in [0.05, 0.1) is 17.1 Å². The summed E-state index contributed by atoms with van der Waals surface area (Å²) in [7, 11) is 0. The van der Waals surface area contributed by atoms with Crippen LogP contribution in [0.3, 0.4) is 0 Å². The van der Waals surface area contributed by atoms with Crippen molar-refractivity contribution in [2.45, 2.75) is 0 Å². The first-order valence-electron chi connectivity index (χ1n) is 2.79. The molecular formula is C6H9N3O. The summed E-state index contributed by atoms with van der Waals surface area (Å²) >= 11 is 0. The third-order valence-corrected chi connectivity index (χ3v) is 1.22. The molecule has 0 fully saturated rings. The smallest absolute Gasteiger partial charge is 0.0624 e. The summed E-state index contributed by atoms with van der Waals surface area (Å²) in [4.78, 5) is 0. The van der Waals surface area contributed by atoms with Crippen LogP contribution in [0, 0.1) is 0 Å². The molecule has 0 aliphatic rings.